The molecule has 0 spiro atoms. The van der Waals surface area contributed by atoms with Crippen LogP contribution < -0.4 is 16.6 Å². The van der Waals surface area contributed by atoms with Gasteiger partial charge in [-0.2, -0.15) is 0 Å². The Balaban J connectivity index is 1.92. The molecule has 0 bridgehead atoms. The number of benzene rings is 1. The van der Waals surface area contributed by atoms with Gasteiger partial charge in [-0.25, -0.2) is 15.8 Å². The standard InChI is InChI=1S/C14H14N6O/c15-20-12-7-10(9-3-1-2-4-11(9)19-12)14(21)18-8-13-16-5-6-17-13/h1-7H,8,15H2,(H,16,17)(H,18,21)(H,19,20). The number of amides is 1. The summed E-state index contributed by atoms with van der Waals surface area (Å²) >= 11 is 0. The zero-order chi connectivity index (χ0) is 14.7. The summed E-state index contributed by atoms with van der Waals surface area (Å²) in [6.07, 6.45) is 3.35. The lowest BCUT2D eigenvalue weighted by Crippen LogP contribution is -2.24. The molecule has 0 aliphatic rings. The molecular weight excluding hydrogens is 268 g/mol. The number of aromatic nitrogens is 3. The molecule has 0 aliphatic heterocycles. The van der Waals surface area contributed by atoms with E-state index < -0.39 is 0 Å². The topological polar surface area (TPSA) is 109 Å². The fourth-order valence-corrected chi connectivity index (χ4v) is 2.09. The number of fused-ring (bicyclic) bond motifs is 1. The molecule has 0 saturated heterocycles. The summed E-state index contributed by atoms with van der Waals surface area (Å²) in [6, 6.07) is 9.03. The van der Waals surface area contributed by atoms with Crippen LogP contribution in [0.3, 0.4) is 0 Å². The molecule has 0 atom stereocenters. The number of imidazole rings is 1. The highest BCUT2D eigenvalue weighted by atomic mass is 16.1. The Kier molecular flexibility index (Phi) is 3.48. The van der Waals surface area contributed by atoms with Crippen molar-refractivity contribution in [3.8, 4) is 0 Å². The van der Waals surface area contributed by atoms with Crippen LogP contribution in [0.1, 0.15) is 16.2 Å². The van der Waals surface area contributed by atoms with Gasteiger partial charge >= 0.3 is 0 Å². The summed E-state index contributed by atoms with van der Waals surface area (Å²) in [5, 5.41) is 3.59. The van der Waals surface area contributed by atoms with Crippen molar-refractivity contribution in [3.05, 3.63) is 54.1 Å². The van der Waals surface area contributed by atoms with Gasteiger partial charge in [-0.05, 0) is 12.1 Å². The Morgan fingerprint density at radius 2 is 2.19 bits per heavy atom. The average Bonchev–Trinajstić information content (AvgIpc) is 3.05. The Hall–Kier alpha value is -2.93. The number of aromatic amines is 1. The van der Waals surface area contributed by atoms with Gasteiger partial charge in [0.2, 0.25) is 0 Å². The highest BCUT2D eigenvalue weighted by Gasteiger charge is 2.12. The SMILES string of the molecule is NNc1cc(C(=O)NCc2ncc[nH]2)c2ccccc2n1. The zero-order valence-corrected chi connectivity index (χ0v) is 11.1. The number of para-hydroxylation sites is 1. The van der Waals surface area contributed by atoms with Crippen LogP contribution in [-0.4, -0.2) is 20.9 Å². The summed E-state index contributed by atoms with van der Waals surface area (Å²) in [4.78, 5) is 23.7. The van der Waals surface area contributed by atoms with Crippen molar-refractivity contribution in [3.63, 3.8) is 0 Å². The number of H-pyrrole nitrogens is 1. The number of nitrogen functional groups attached to an aromatic ring is 1. The van der Waals surface area contributed by atoms with Crippen molar-refractivity contribution in [2.24, 2.45) is 5.84 Å². The third-order valence-corrected chi connectivity index (χ3v) is 3.08. The van der Waals surface area contributed by atoms with Crippen molar-refractivity contribution in [2.45, 2.75) is 6.54 Å². The Morgan fingerprint density at radius 3 is 2.95 bits per heavy atom. The van der Waals surface area contributed by atoms with E-state index in [1.165, 1.54) is 0 Å². The second-order valence-corrected chi connectivity index (χ2v) is 4.44. The second kappa shape index (κ2) is 5.59. The van der Waals surface area contributed by atoms with Crippen LogP contribution in [0.2, 0.25) is 0 Å². The predicted octanol–water partition coefficient (Wildman–Crippen LogP) is 1.17. The number of nitrogens with two attached hydrogens (primary N) is 1. The van der Waals surface area contributed by atoms with E-state index in [-0.39, 0.29) is 5.91 Å². The van der Waals surface area contributed by atoms with Gasteiger partial charge in [0.25, 0.3) is 5.91 Å². The first-order chi connectivity index (χ1) is 10.3. The van der Waals surface area contributed by atoms with E-state index in [9.17, 15) is 4.79 Å². The van der Waals surface area contributed by atoms with Crippen molar-refractivity contribution in [1.29, 1.82) is 0 Å². The lowest BCUT2D eigenvalue weighted by Gasteiger charge is -2.09. The van der Waals surface area contributed by atoms with Gasteiger partial charge < -0.3 is 15.7 Å². The number of nitrogens with zero attached hydrogens (tertiary/aromatic N) is 2. The Labute approximate surface area is 120 Å². The van der Waals surface area contributed by atoms with Crippen LogP contribution in [0.4, 0.5) is 5.82 Å². The number of hydrogen-bond acceptors (Lipinski definition) is 5. The van der Waals surface area contributed by atoms with Gasteiger partial charge in [0.15, 0.2) is 0 Å². The molecule has 3 aromatic rings. The number of anilines is 1. The molecule has 0 fully saturated rings. The smallest absolute Gasteiger partial charge is 0.252 e. The van der Waals surface area contributed by atoms with E-state index in [1.54, 1.807) is 18.5 Å². The molecule has 0 radical (unpaired) electrons. The number of hydrazine groups is 1. The van der Waals surface area contributed by atoms with Crippen LogP contribution in [-0.2, 0) is 6.54 Å². The van der Waals surface area contributed by atoms with Crippen molar-refractivity contribution in [1.82, 2.24) is 20.3 Å². The fourth-order valence-electron chi connectivity index (χ4n) is 2.09. The third-order valence-electron chi connectivity index (χ3n) is 3.08. The average molecular weight is 282 g/mol. The maximum absolute atomic E-state index is 12.4. The predicted molar refractivity (Wildman–Crippen MR) is 79.3 cm³/mol. The van der Waals surface area contributed by atoms with Gasteiger partial charge in [0.05, 0.1) is 17.6 Å². The second-order valence-electron chi connectivity index (χ2n) is 4.44. The quantitative estimate of drug-likeness (QED) is 0.424. The molecule has 2 aromatic heterocycles. The minimum Gasteiger partial charge on any atom is -0.347 e. The first-order valence-corrected chi connectivity index (χ1v) is 6.41. The Morgan fingerprint density at radius 1 is 1.33 bits per heavy atom. The van der Waals surface area contributed by atoms with E-state index in [1.807, 2.05) is 24.3 Å². The summed E-state index contributed by atoms with van der Waals surface area (Å²) in [7, 11) is 0. The minimum atomic E-state index is -0.207. The molecule has 106 valence electrons. The lowest BCUT2D eigenvalue weighted by atomic mass is 10.1. The zero-order valence-electron chi connectivity index (χ0n) is 11.1. The van der Waals surface area contributed by atoms with Crippen LogP contribution in [0, 0.1) is 0 Å². The first kappa shape index (κ1) is 13.1. The van der Waals surface area contributed by atoms with E-state index in [0.717, 1.165) is 5.39 Å². The van der Waals surface area contributed by atoms with Crippen LogP contribution in [0.5, 0.6) is 0 Å². The molecule has 7 nitrogen and oxygen atoms in total. The largest absolute Gasteiger partial charge is 0.347 e. The fraction of sp³-hybridized carbons (Fsp3) is 0.0714. The monoisotopic (exact) mass is 282 g/mol. The number of carbonyl (C=O) groups excluding carboxylic acids is 1. The normalized spacial score (nSPS) is 10.5. The van der Waals surface area contributed by atoms with Crippen LogP contribution in [0.25, 0.3) is 10.9 Å². The van der Waals surface area contributed by atoms with E-state index in [2.05, 4.69) is 25.7 Å². The third kappa shape index (κ3) is 2.67. The summed E-state index contributed by atoms with van der Waals surface area (Å²) in [6.45, 7) is 0.327. The molecule has 21 heavy (non-hydrogen) atoms. The highest BCUT2D eigenvalue weighted by molar-refractivity contribution is 6.06. The van der Waals surface area contributed by atoms with Gasteiger partial charge in [0.1, 0.15) is 11.6 Å². The van der Waals surface area contributed by atoms with E-state index in [0.29, 0.717) is 29.3 Å². The van der Waals surface area contributed by atoms with E-state index >= 15 is 0 Å². The Bertz CT molecular complexity index is 768. The van der Waals surface area contributed by atoms with Crippen LogP contribution >= 0.6 is 0 Å². The molecule has 0 unspecified atom stereocenters. The van der Waals surface area contributed by atoms with Gasteiger partial charge in [-0.1, -0.05) is 18.2 Å². The molecule has 0 aliphatic carbocycles. The van der Waals surface area contributed by atoms with Gasteiger partial charge in [0, 0.05) is 17.8 Å². The van der Waals surface area contributed by atoms with Crippen molar-refractivity contribution >= 4 is 22.6 Å². The van der Waals surface area contributed by atoms with Gasteiger partial charge in [-0.3, -0.25) is 4.79 Å². The minimum absolute atomic E-state index is 0.207. The molecular formula is C14H14N6O. The number of carbonyl (C=O) groups is 1. The molecule has 3 rings (SSSR count). The van der Waals surface area contributed by atoms with Crippen molar-refractivity contribution < 1.29 is 4.79 Å². The maximum Gasteiger partial charge on any atom is 0.252 e. The molecule has 0 saturated carbocycles. The molecule has 5 N–H and O–H groups in total. The summed E-state index contributed by atoms with van der Waals surface area (Å²) in [5.74, 6) is 6.33. The number of pyridine rings is 1. The molecule has 1 aromatic carbocycles. The number of rotatable bonds is 4. The number of nitrogens with one attached hydrogen (secondary N) is 3. The van der Waals surface area contributed by atoms with Crippen molar-refractivity contribution in [2.75, 3.05) is 5.43 Å². The first-order valence-electron chi connectivity index (χ1n) is 6.41. The highest BCUT2D eigenvalue weighted by Crippen LogP contribution is 2.20. The summed E-state index contributed by atoms with van der Waals surface area (Å²) < 4.78 is 0. The van der Waals surface area contributed by atoms with E-state index in [4.69, 9.17) is 5.84 Å². The maximum atomic E-state index is 12.4. The van der Waals surface area contributed by atoms with Gasteiger partial charge in [-0.15, -0.1) is 0 Å². The molecule has 7 heteroatoms. The van der Waals surface area contributed by atoms with Crippen LogP contribution in [0.15, 0.2) is 42.7 Å². The summed E-state index contributed by atoms with van der Waals surface area (Å²) in [5.41, 5.74) is 3.69. The molecule has 1 amide bonds. The molecule has 2 heterocycles. The number of hydrogen-bond donors (Lipinski definition) is 4. The lowest BCUT2D eigenvalue weighted by molar-refractivity contribution is 0.0951.